The number of anilines is 2. The molecule has 1 fully saturated rings. The van der Waals surface area contributed by atoms with Gasteiger partial charge in [0.1, 0.15) is 0 Å². The van der Waals surface area contributed by atoms with Crippen molar-refractivity contribution in [3.8, 4) is 10.4 Å². The molecular weight excluding hydrogens is 432 g/mol. The first kappa shape index (κ1) is 21.5. The second-order valence-electron chi connectivity index (χ2n) is 7.73. The molecule has 0 spiro atoms. The molecule has 3 aromatic rings. The van der Waals surface area contributed by atoms with Gasteiger partial charge in [0.15, 0.2) is 5.13 Å². The lowest BCUT2D eigenvalue weighted by atomic mass is 10.1. The molecular formula is C22H24N4O3S2. The van der Waals surface area contributed by atoms with E-state index in [1.807, 2.05) is 13.0 Å². The number of benzene rings is 1. The van der Waals surface area contributed by atoms with Crippen LogP contribution in [0.2, 0.25) is 0 Å². The molecule has 1 aromatic carbocycles. The Balaban J connectivity index is 1.61. The highest BCUT2D eigenvalue weighted by molar-refractivity contribution is 7.92. The number of sulfonamides is 1. The van der Waals surface area contributed by atoms with Crippen LogP contribution in [0.15, 0.2) is 47.6 Å². The van der Waals surface area contributed by atoms with Gasteiger partial charge in [-0.25, -0.2) is 13.4 Å². The molecule has 0 unspecified atom stereocenters. The van der Waals surface area contributed by atoms with Crippen LogP contribution in [0.1, 0.15) is 36.9 Å². The zero-order valence-electron chi connectivity index (χ0n) is 17.4. The number of carbonyl (C=O) groups is 1. The van der Waals surface area contributed by atoms with Gasteiger partial charge in [-0.1, -0.05) is 36.3 Å². The quantitative estimate of drug-likeness (QED) is 0.557. The smallest absolute Gasteiger partial charge is 0.262 e. The molecule has 31 heavy (non-hydrogen) atoms. The second-order valence-corrected chi connectivity index (χ2v) is 10.4. The maximum atomic E-state index is 13.0. The fraction of sp³-hybridized carbons (Fsp3) is 0.318. The van der Waals surface area contributed by atoms with E-state index in [4.69, 9.17) is 0 Å². The third-order valence-corrected chi connectivity index (χ3v) is 8.05. The Morgan fingerprint density at radius 2 is 1.94 bits per heavy atom. The monoisotopic (exact) mass is 456 g/mol. The number of pyridine rings is 1. The topological polar surface area (TPSA) is 101 Å². The zero-order chi connectivity index (χ0) is 22.0. The van der Waals surface area contributed by atoms with Gasteiger partial charge in [-0.3, -0.25) is 14.5 Å². The van der Waals surface area contributed by atoms with E-state index in [0.717, 1.165) is 41.8 Å². The molecule has 9 heteroatoms. The minimum absolute atomic E-state index is 0.0191. The van der Waals surface area contributed by atoms with Gasteiger partial charge in [-0.05, 0) is 56.0 Å². The van der Waals surface area contributed by atoms with Crippen LogP contribution < -0.4 is 10.0 Å². The van der Waals surface area contributed by atoms with Crippen LogP contribution in [0.4, 0.5) is 10.8 Å². The van der Waals surface area contributed by atoms with Crippen LogP contribution in [0, 0.1) is 19.8 Å². The molecule has 1 saturated carbocycles. The molecule has 4 rings (SSSR count). The summed E-state index contributed by atoms with van der Waals surface area (Å²) in [5.41, 5.74) is 2.53. The number of amides is 1. The Labute approximate surface area is 186 Å². The molecule has 0 radical (unpaired) electrons. The Morgan fingerprint density at radius 3 is 2.65 bits per heavy atom. The van der Waals surface area contributed by atoms with Crippen molar-refractivity contribution in [2.75, 3.05) is 10.0 Å². The highest BCUT2D eigenvalue weighted by Gasteiger charge is 2.24. The van der Waals surface area contributed by atoms with Crippen LogP contribution in [-0.2, 0) is 14.8 Å². The van der Waals surface area contributed by atoms with Crippen molar-refractivity contribution < 1.29 is 13.2 Å². The average molecular weight is 457 g/mol. The van der Waals surface area contributed by atoms with Crippen LogP contribution in [0.3, 0.4) is 0 Å². The van der Waals surface area contributed by atoms with Gasteiger partial charge >= 0.3 is 0 Å². The van der Waals surface area contributed by atoms with Crippen LogP contribution in [-0.4, -0.2) is 24.3 Å². The van der Waals surface area contributed by atoms with E-state index in [1.54, 1.807) is 37.4 Å². The number of aromatic nitrogens is 2. The molecule has 0 bridgehead atoms. The number of rotatable bonds is 6. The molecule has 2 heterocycles. The van der Waals surface area contributed by atoms with Gasteiger partial charge in [0, 0.05) is 12.1 Å². The van der Waals surface area contributed by atoms with Crippen molar-refractivity contribution in [2.45, 2.75) is 44.4 Å². The minimum atomic E-state index is -3.79. The van der Waals surface area contributed by atoms with Gasteiger partial charge in [-0.15, -0.1) is 0 Å². The van der Waals surface area contributed by atoms with E-state index in [0.29, 0.717) is 16.4 Å². The first-order valence-electron chi connectivity index (χ1n) is 10.2. The van der Waals surface area contributed by atoms with Crippen molar-refractivity contribution in [1.29, 1.82) is 0 Å². The number of nitrogens with zero attached hydrogens (tertiary/aromatic N) is 2. The highest BCUT2D eigenvalue weighted by Crippen LogP contribution is 2.35. The summed E-state index contributed by atoms with van der Waals surface area (Å²) in [4.78, 5) is 21.9. The fourth-order valence-electron chi connectivity index (χ4n) is 3.78. The second kappa shape index (κ2) is 8.76. The SMILES string of the molecule is Cc1ccc(-c2sc(NC(=O)C3CCCC3)nc2C)cc1S(=O)(=O)Nc1cccnc1. The number of aryl methyl sites for hydroxylation is 2. The number of nitrogens with one attached hydrogen (secondary N) is 2. The summed E-state index contributed by atoms with van der Waals surface area (Å²) in [5, 5.41) is 3.48. The molecule has 0 aliphatic heterocycles. The summed E-state index contributed by atoms with van der Waals surface area (Å²) >= 11 is 1.36. The van der Waals surface area contributed by atoms with Crippen molar-refractivity contribution in [3.63, 3.8) is 0 Å². The first-order chi connectivity index (χ1) is 14.8. The van der Waals surface area contributed by atoms with Gasteiger partial charge in [0.25, 0.3) is 10.0 Å². The maximum absolute atomic E-state index is 13.0. The maximum Gasteiger partial charge on any atom is 0.262 e. The third-order valence-electron chi connectivity index (χ3n) is 5.41. The molecule has 162 valence electrons. The summed E-state index contributed by atoms with van der Waals surface area (Å²) in [7, 11) is -3.79. The predicted octanol–water partition coefficient (Wildman–Crippen LogP) is 4.75. The summed E-state index contributed by atoms with van der Waals surface area (Å²) in [5.74, 6) is 0.0768. The van der Waals surface area contributed by atoms with Gasteiger partial charge in [0.2, 0.25) is 5.91 Å². The van der Waals surface area contributed by atoms with Crippen molar-refractivity contribution in [2.24, 2.45) is 5.92 Å². The van der Waals surface area contributed by atoms with Crippen molar-refractivity contribution in [1.82, 2.24) is 9.97 Å². The van der Waals surface area contributed by atoms with Crippen LogP contribution >= 0.6 is 11.3 Å². The molecule has 0 atom stereocenters. The van der Waals surface area contributed by atoms with Gasteiger partial charge in [0.05, 0.1) is 27.4 Å². The molecule has 7 nitrogen and oxygen atoms in total. The molecule has 1 amide bonds. The minimum Gasteiger partial charge on any atom is -0.302 e. The van der Waals surface area contributed by atoms with E-state index in [-0.39, 0.29) is 16.7 Å². The first-order valence-corrected chi connectivity index (χ1v) is 12.5. The highest BCUT2D eigenvalue weighted by atomic mass is 32.2. The van der Waals surface area contributed by atoms with Gasteiger partial charge < -0.3 is 5.32 Å². The lowest BCUT2D eigenvalue weighted by Gasteiger charge is -2.11. The van der Waals surface area contributed by atoms with E-state index >= 15 is 0 Å². The van der Waals surface area contributed by atoms with Gasteiger partial charge in [-0.2, -0.15) is 0 Å². The Bertz CT molecular complexity index is 1200. The number of carbonyl (C=O) groups excluding carboxylic acids is 1. The standard InChI is InChI=1S/C22H24N4O3S2/c1-14-9-10-17(12-19(14)31(28,29)26-18-8-5-11-23-13-18)20-15(2)24-22(30-20)25-21(27)16-6-3-4-7-16/h5,8-13,16,26H,3-4,6-7H2,1-2H3,(H,24,25,27). The van der Waals surface area contributed by atoms with Crippen LogP contribution in [0.25, 0.3) is 10.4 Å². The van der Waals surface area contributed by atoms with E-state index in [2.05, 4.69) is 20.0 Å². The number of hydrogen-bond acceptors (Lipinski definition) is 6. The fourth-order valence-corrected chi connectivity index (χ4v) is 6.06. The average Bonchev–Trinajstić information content (AvgIpc) is 3.39. The summed E-state index contributed by atoms with van der Waals surface area (Å²) in [6, 6.07) is 8.63. The number of thiazole rings is 1. The lowest BCUT2D eigenvalue weighted by molar-refractivity contribution is -0.119. The Morgan fingerprint density at radius 1 is 1.16 bits per heavy atom. The van der Waals surface area contributed by atoms with Crippen LogP contribution in [0.5, 0.6) is 0 Å². The lowest BCUT2D eigenvalue weighted by Crippen LogP contribution is -2.20. The van der Waals surface area contributed by atoms with E-state index in [9.17, 15) is 13.2 Å². The Kier molecular flexibility index (Phi) is 6.06. The molecule has 1 aliphatic carbocycles. The zero-order valence-corrected chi connectivity index (χ0v) is 19.0. The van der Waals surface area contributed by atoms with Crippen molar-refractivity contribution in [3.05, 3.63) is 54.0 Å². The largest absolute Gasteiger partial charge is 0.302 e. The predicted molar refractivity (Wildman–Crippen MR) is 123 cm³/mol. The van der Waals surface area contributed by atoms with E-state index in [1.165, 1.54) is 17.5 Å². The van der Waals surface area contributed by atoms with Crippen molar-refractivity contribution >= 4 is 38.1 Å². The third kappa shape index (κ3) is 4.77. The molecule has 2 N–H and O–H groups in total. The molecule has 0 saturated heterocycles. The number of hydrogen-bond donors (Lipinski definition) is 2. The molecule has 1 aliphatic rings. The summed E-state index contributed by atoms with van der Waals surface area (Å²) in [6.07, 6.45) is 7.07. The normalized spacial score (nSPS) is 14.5. The Hall–Kier alpha value is -2.78. The van der Waals surface area contributed by atoms with E-state index < -0.39 is 10.0 Å². The molecule has 2 aromatic heterocycles. The summed E-state index contributed by atoms with van der Waals surface area (Å²) in [6.45, 7) is 3.62. The summed E-state index contributed by atoms with van der Waals surface area (Å²) < 4.78 is 28.5.